The summed E-state index contributed by atoms with van der Waals surface area (Å²) in [5.41, 5.74) is 0. The van der Waals surface area contributed by atoms with E-state index in [4.69, 9.17) is 5.11 Å². The predicted octanol–water partition coefficient (Wildman–Crippen LogP) is -0.174. The van der Waals surface area contributed by atoms with Gasteiger partial charge in [-0.25, -0.2) is 8.42 Å². The van der Waals surface area contributed by atoms with Crippen LogP contribution in [0.25, 0.3) is 0 Å². The first-order valence-corrected chi connectivity index (χ1v) is 8.79. The minimum Gasteiger partial charge on any atom is -0.481 e. The van der Waals surface area contributed by atoms with Crippen LogP contribution in [0, 0.1) is 0 Å². The standard InChI is InChI=1S/C14H24N2O6S/c1-8(15-9(17)6-7-10(18)19)11(20)16-12-13(2,3)23(21,22)14(12,4)5/h8,12H,6-7H2,1-5H3,(H,15,17)(H,16,20)(H,18,19). The molecule has 2 amide bonds. The number of carbonyl (C=O) groups is 3. The van der Waals surface area contributed by atoms with Gasteiger partial charge in [-0.1, -0.05) is 0 Å². The lowest BCUT2D eigenvalue weighted by Crippen LogP contribution is -2.78. The highest BCUT2D eigenvalue weighted by Crippen LogP contribution is 2.48. The van der Waals surface area contributed by atoms with E-state index >= 15 is 0 Å². The molecule has 0 aromatic heterocycles. The molecule has 0 aromatic rings. The molecule has 0 aromatic carbocycles. The van der Waals surface area contributed by atoms with Crippen LogP contribution in [-0.2, 0) is 24.2 Å². The van der Waals surface area contributed by atoms with E-state index in [1.165, 1.54) is 6.92 Å². The number of carboxylic acids is 1. The van der Waals surface area contributed by atoms with Crippen LogP contribution in [0.4, 0.5) is 0 Å². The van der Waals surface area contributed by atoms with Gasteiger partial charge in [0.15, 0.2) is 9.84 Å². The molecule has 0 spiro atoms. The largest absolute Gasteiger partial charge is 0.481 e. The van der Waals surface area contributed by atoms with E-state index in [2.05, 4.69) is 10.6 Å². The number of hydrogen-bond acceptors (Lipinski definition) is 5. The topological polar surface area (TPSA) is 130 Å². The first-order valence-electron chi connectivity index (χ1n) is 7.31. The summed E-state index contributed by atoms with van der Waals surface area (Å²) in [5.74, 6) is -2.15. The number of hydrogen-bond donors (Lipinski definition) is 3. The molecule has 1 aliphatic rings. The third-order valence-electron chi connectivity index (χ3n) is 4.40. The molecule has 132 valence electrons. The Kier molecular flexibility index (Phi) is 5.15. The van der Waals surface area contributed by atoms with E-state index in [0.29, 0.717) is 0 Å². The van der Waals surface area contributed by atoms with Crippen molar-refractivity contribution < 1.29 is 27.9 Å². The first kappa shape index (κ1) is 19.4. The summed E-state index contributed by atoms with van der Waals surface area (Å²) in [4.78, 5) is 34.1. The average Bonchev–Trinajstić information content (AvgIpc) is 2.40. The second-order valence-electron chi connectivity index (χ2n) is 6.83. The Morgan fingerprint density at radius 2 is 1.57 bits per heavy atom. The lowest BCUT2D eigenvalue weighted by molar-refractivity contribution is -0.139. The van der Waals surface area contributed by atoms with Crippen molar-refractivity contribution in [3.8, 4) is 0 Å². The van der Waals surface area contributed by atoms with Crippen LogP contribution < -0.4 is 10.6 Å². The Morgan fingerprint density at radius 3 is 2.00 bits per heavy atom. The fourth-order valence-corrected chi connectivity index (χ4v) is 5.48. The second kappa shape index (κ2) is 6.10. The Labute approximate surface area is 135 Å². The van der Waals surface area contributed by atoms with Gasteiger partial charge in [-0.15, -0.1) is 0 Å². The number of aliphatic carboxylic acids is 1. The Hall–Kier alpha value is -1.64. The maximum Gasteiger partial charge on any atom is 0.303 e. The van der Waals surface area contributed by atoms with Crippen LogP contribution in [0.2, 0.25) is 0 Å². The highest BCUT2D eigenvalue weighted by Gasteiger charge is 2.67. The summed E-state index contributed by atoms with van der Waals surface area (Å²) in [6, 6.07) is -1.46. The quantitative estimate of drug-likeness (QED) is 0.611. The van der Waals surface area contributed by atoms with E-state index in [0.717, 1.165) is 0 Å². The number of sulfone groups is 1. The average molecular weight is 348 g/mol. The van der Waals surface area contributed by atoms with Crippen LogP contribution in [0.15, 0.2) is 0 Å². The van der Waals surface area contributed by atoms with Crippen LogP contribution >= 0.6 is 0 Å². The predicted molar refractivity (Wildman–Crippen MR) is 83.5 cm³/mol. The minimum absolute atomic E-state index is 0.220. The second-order valence-corrected chi connectivity index (χ2v) is 9.95. The maximum atomic E-state index is 12.2. The molecular formula is C14H24N2O6S. The van der Waals surface area contributed by atoms with E-state index in [1.54, 1.807) is 27.7 Å². The van der Waals surface area contributed by atoms with Crippen LogP contribution in [0.3, 0.4) is 0 Å². The molecule has 1 fully saturated rings. The molecule has 1 aliphatic heterocycles. The first-order chi connectivity index (χ1) is 10.2. The molecule has 1 unspecified atom stereocenters. The third kappa shape index (κ3) is 3.34. The van der Waals surface area contributed by atoms with Gasteiger partial charge in [0.05, 0.1) is 22.0 Å². The fraction of sp³-hybridized carbons (Fsp3) is 0.786. The molecule has 23 heavy (non-hydrogen) atoms. The number of amides is 2. The molecule has 0 aliphatic carbocycles. The van der Waals surface area contributed by atoms with Gasteiger partial charge in [-0.05, 0) is 34.6 Å². The van der Waals surface area contributed by atoms with Crippen LogP contribution in [0.5, 0.6) is 0 Å². The van der Waals surface area contributed by atoms with Gasteiger partial charge in [0.1, 0.15) is 6.04 Å². The zero-order valence-electron chi connectivity index (χ0n) is 14.0. The Bertz CT molecular complexity index is 601. The summed E-state index contributed by atoms with van der Waals surface area (Å²) < 4.78 is 22.2. The molecule has 1 rings (SSSR count). The van der Waals surface area contributed by atoms with Crippen LogP contribution in [-0.4, -0.2) is 52.9 Å². The molecule has 1 saturated heterocycles. The van der Waals surface area contributed by atoms with Crippen LogP contribution in [0.1, 0.15) is 47.5 Å². The van der Waals surface area contributed by atoms with Crippen molar-refractivity contribution in [3.63, 3.8) is 0 Å². The normalized spacial score (nSPS) is 22.5. The molecule has 0 saturated carbocycles. The maximum absolute atomic E-state index is 12.2. The van der Waals surface area contributed by atoms with Gasteiger partial charge < -0.3 is 15.7 Å². The molecule has 3 N–H and O–H groups in total. The minimum atomic E-state index is -3.37. The summed E-state index contributed by atoms with van der Waals surface area (Å²) >= 11 is 0. The summed E-state index contributed by atoms with van der Waals surface area (Å²) in [7, 11) is -3.37. The van der Waals surface area contributed by atoms with Crippen molar-refractivity contribution in [1.82, 2.24) is 10.6 Å². The summed E-state index contributed by atoms with van der Waals surface area (Å²) in [6.07, 6.45) is -0.539. The number of rotatable bonds is 6. The zero-order chi connectivity index (χ0) is 18.2. The van der Waals surface area contributed by atoms with Crippen molar-refractivity contribution in [2.45, 2.75) is 69.0 Å². The van der Waals surface area contributed by atoms with E-state index in [9.17, 15) is 22.8 Å². The molecular weight excluding hydrogens is 324 g/mol. The lowest BCUT2D eigenvalue weighted by Gasteiger charge is -2.56. The third-order valence-corrected chi connectivity index (χ3v) is 7.64. The van der Waals surface area contributed by atoms with Crippen molar-refractivity contribution in [3.05, 3.63) is 0 Å². The number of nitrogens with one attached hydrogen (secondary N) is 2. The number of carboxylic acid groups (broad SMARTS) is 1. The Balaban J connectivity index is 2.66. The highest BCUT2D eigenvalue weighted by atomic mass is 32.2. The van der Waals surface area contributed by atoms with Gasteiger partial charge in [0.25, 0.3) is 0 Å². The smallest absolute Gasteiger partial charge is 0.303 e. The van der Waals surface area contributed by atoms with Gasteiger partial charge in [-0.2, -0.15) is 0 Å². The molecule has 1 atom stereocenters. The Morgan fingerprint density at radius 1 is 1.09 bits per heavy atom. The van der Waals surface area contributed by atoms with Crippen molar-refractivity contribution in [2.75, 3.05) is 0 Å². The van der Waals surface area contributed by atoms with Gasteiger partial charge in [0, 0.05) is 6.42 Å². The fourth-order valence-electron chi connectivity index (χ4n) is 2.98. The molecule has 8 nitrogen and oxygen atoms in total. The molecule has 9 heteroatoms. The molecule has 0 bridgehead atoms. The van der Waals surface area contributed by atoms with Crippen molar-refractivity contribution in [2.24, 2.45) is 0 Å². The van der Waals surface area contributed by atoms with E-state index in [1.807, 2.05) is 0 Å². The monoisotopic (exact) mass is 348 g/mol. The SMILES string of the molecule is CC(NC(=O)CCC(=O)O)C(=O)NC1C(C)(C)S(=O)(=O)C1(C)C. The summed E-state index contributed by atoms with van der Waals surface area (Å²) in [6.45, 7) is 7.66. The number of carbonyl (C=O) groups excluding carboxylic acids is 2. The summed E-state index contributed by atoms with van der Waals surface area (Å²) in [5, 5.41) is 13.6. The van der Waals surface area contributed by atoms with Crippen molar-refractivity contribution >= 4 is 27.6 Å². The lowest BCUT2D eigenvalue weighted by atomic mass is 9.89. The van der Waals surface area contributed by atoms with Crippen molar-refractivity contribution in [1.29, 1.82) is 0 Å². The van der Waals surface area contributed by atoms with Gasteiger partial charge >= 0.3 is 5.97 Å². The van der Waals surface area contributed by atoms with E-state index < -0.39 is 49.2 Å². The molecule has 0 radical (unpaired) electrons. The zero-order valence-corrected chi connectivity index (χ0v) is 14.8. The van der Waals surface area contributed by atoms with Gasteiger partial charge in [0.2, 0.25) is 11.8 Å². The van der Waals surface area contributed by atoms with E-state index in [-0.39, 0.29) is 12.8 Å². The highest BCUT2D eigenvalue weighted by molar-refractivity contribution is 7.95. The molecule has 1 heterocycles. The van der Waals surface area contributed by atoms with Gasteiger partial charge in [-0.3, -0.25) is 14.4 Å².